The first kappa shape index (κ1) is 14.4. The van der Waals surface area contributed by atoms with Gasteiger partial charge < -0.3 is 10.4 Å². The van der Waals surface area contributed by atoms with Gasteiger partial charge in [0.1, 0.15) is 12.1 Å². The van der Waals surface area contributed by atoms with Gasteiger partial charge in [0.05, 0.1) is 11.4 Å². The highest BCUT2D eigenvalue weighted by Crippen LogP contribution is 2.15. The lowest BCUT2D eigenvalue weighted by Gasteiger charge is -2.12. The van der Waals surface area contributed by atoms with Crippen LogP contribution in [-0.4, -0.2) is 33.6 Å². The third-order valence-electron chi connectivity index (χ3n) is 2.91. The van der Waals surface area contributed by atoms with Gasteiger partial charge in [-0.15, -0.1) is 0 Å². The first-order valence-electron chi connectivity index (χ1n) is 6.13. The number of aromatic carboxylic acids is 1. The average Bonchev–Trinajstić information content (AvgIpc) is 2.49. The smallest absolute Gasteiger partial charge is 0.341 e. The van der Waals surface area contributed by atoms with Crippen molar-refractivity contribution in [2.45, 2.75) is 6.54 Å². The van der Waals surface area contributed by atoms with Crippen molar-refractivity contribution in [3.63, 3.8) is 0 Å². The van der Waals surface area contributed by atoms with E-state index in [1.54, 1.807) is 24.4 Å². The third kappa shape index (κ3) is 2.97. The zero-order valence-corrected chi connectivity index (χ0v) is 11.2. The van der Waals surface area contributed by atoms with Gasteiger partial charge in [0.25, 0.3) is 5.56 Å². The fraction of sp³-hybridized carbons (Fsp3) is 0.143. The van der Waals surface area contributed by atoms with Crippen LogP contribution >= 0.6 is 0 Å². The van der Waals surface area contributed by atoms with Crippen LogP contribution in [0.4, 0.5) is 0 Å². The Morgan fingerprint density at radius 2 is 2.05 bits per heavy atom. The quantitative estimate of drug-likeness (QED) is 0.845. The van der Waals surface area contributed by atoms with E-state index < -0.39 is 23.0 Å². The molecule has 0 aliphatic carbocycles. The van der Waals surface area contributed by atoms with E-state index in [0.717, 1.165) is 4.57 Å². The lowest BCUT2D eigenvalue weighted by Crippen LogP contribution is -2.33. The Hall–Kier alpha value is -2.96. The monoisotopic (exact) mass is 287 g/mol. The average molecular weight is 287 g/mol. The summed E-state index contributed by atoms with van der Waals surface area (Å²) in [5.41, 5.74) is -0.266. The molecule has 0 spiro atoms. The number of nitrogens with one attached hydrogen (secondary N) is 1. The number of aromatic nitrogens is 2. The van der Waals surface area contributed by atoms with Gasteiger partial charge in [-0.25, -0.2) is 4.79 Å². The Bertz CT molecular complexity index is 738. The van der Waals surface area contributed by atoms with Gasteiger partial charge in [0.15, 0.2) is 0 Å². The van der Waals surface area contributed by atoms with E-state index >= 15 is 0 Å². The Balaban J connectivity index is 2.65. The molecular formula is C14H13N3O4. The minimum Gasteiger partial charge on any atom is -0.477 e. The number of hydrogen-bond donors (Lipinski definition) is 2. The number of likely N-dealkylation sites (N-methyl/N-ethyl adjacent to an activating group) is 1. The van der Waals surface area contributed by atoms with E-state index in [4.69, 9.17) is 5.11 Å². The van der Waals surface area contributed by atoms with Crippen LogP contribution in [0, 0.1) is 0 Å². The van der Waals surface area contributed by atoms with Gasteiger partial charge >= 0.3 is 5.97 Å². The van der Waals surface area contributed by atoms with Gasteiger partial charge in [-0.1, -0.05) is 6.07 Å². The van der Waals surface area contributed by atoms with Crippen molar-refractivity contribution in [2.24, 2.45) is 0 Å². The number of nitrogens with zero attached hydrogens (tertiary/aromatic N) is 2. The molecule has 0 aromatic carbocycles. The maximum absolute atomic E-state index is 12.2. The summed E-state index contributed by atoms with van der Waals surface area (Å²) in [6, 6.07) is 7.82. The van der Waals surface area contributed by atoms with Crippen molar-refractivity contribution >= 4 is 11.9 Å². The van der Waals surface area contributed by atoms with E-state index in [-0.39, 0.29) is 6.54 Å². The van der Waals surface area contributed by atoms with Gasteiger partial charge in [-0.05, 0) is 24.3 Å². The number of carboxylic acids is 1. The number of amides is 1. The zero-order chi connectivity index (χ0) is 15.4. The van der Waals surface area contributed by atoms with E-state index in [2.05, 4.69) is 10.3 Å². The minimum absolute atomic E-state index is 0.275. The van der Waals surface area contributed by atoms with Gasteiger partial charge in [0.2, 0.25) is 5.91 Å². The maximum Gasteiger partial charge on any atom is 0.341 e. The third-order valence-corrected chi connectivity index (χ3v) is 2.91. The second-order valence-corrected chi connectivity index (χ2v) is 4.22. The molecule has 2 heterocycles. The lowest BCUT2D eigenvalue weighted by atomic mass is 10.2. The van der Waals surface area contributed by atoms with Crippen LogP contribution in [0.25, 0.3) is 11.4 Å². The van der Waals surface area contributed by atoms with Crippen molar-refractivity contribution in [2.75, 3.05) is 7.05 Å². The minimum atomic E-state index is -1.33. The molecule has 2 aromatic heterocycles. The van der Waals surface area contributed by atoms with Crippen LogP contribution in [0.15, 0.2) is 41.3 Å². The predicted octanol–water partition coefficient (Wildman–Crippen LogP) is 0.354. The summed E-state index contributed by atoms with van der Waals surface area (Å²) in [5.74, 6) is -1.74. The number of hydrogen-bond acceptors (Lipinski definition) is 4. The summed E-state index contributed by atoms with van der Waals surface area (Å²) in [6.07, 6.45) is 1.55. The van der Waals surface area contributed by atoms with Gasteiger partial charge in [0, 0.05) is 13.2 Å². The summed E-state index contributed by atoms with van der Waals surface area (Å²) in [6.45, 7) is -0.275. The Kier molecular flexibility index (Phi) is 4.13. The normalized spacial score (nSPS) is 10.1. The Morgan fingerprint density at radius 3 is 2.62 bits per heavy atom. The zero-order valence-electron chi connectivity index (χ0n) is 11.2. The molecule has 2 N–H and O–H groups in total. The second-order valence-electron chi connectivity index (χ2n) is 4.22. The Labute approximate surface area is 119 Å². The van der Waals surface area contributed by atoms with Gasteiger partial charge in [-0.3, -0.25) is 19.1 Å². The highest BCUT2D eigenvalue weighted by molar-refractivity contribution is 5.87. The molecule has 21 heavy (non-hydrogen) atoms. The van der Waals surface area contributed by atoms with E-state index in [1.807, 2.05) is 0 Å². The largest absolute Gasteiger partial charge is 0.477 e. The molecule has 0 radical (unpaired) electrons. The molecule has 0 aliphatic heterocycles. The maximum atomic E-state index is 12.2. The SMILES string of the molecule is CNC(=O)Cn1c(-c2ccccn2)ccc(C(=O)O)c1=O. The van der Waals surface area contributed by atoms with Gasteiger partial charge in [-0.2, -0.15) is 0 Å². The van der Waals surface area contributed by atoms with Crippen LogP contribution in [0.3, 0.4) is 0 Å². The summed E-state index contributed by atoms with van der Waals surface area (Å²) >= 11 is 0. The van der Waals surface area contributed by atoms with E-state index in [9.17, 15) is 14.4 Å². The van der Waals surface area contributed by atoms with Crippen molar-refractivity contribution < 1.29 is 14.7 Å². The lowest BCUT2D eigenvalue weighted by molar-refractivity contribution is -0.121. The van der Waals surface area contributed by atoms with Crippen molar-refractivity contribution in [1.29, 1.82) is 0 Å². The van der Waals surface area contributed by atoms with E-state index in [0.29, 0.717) is 11.4 Å². The summed E-state index contributed by atoms with van der Waals surface area (Å²) in [5, 5.41) is 11.4. The molecule has 0 aliphatic rings. The van der Waals surface area contributed by atoms with Crippen LogP contribution in [0.2, 0.25) is 0 Å². The Morgan fingerprint density at radius 1 is 1.29 bits per heavy atom. The molecule has 2 aromatic rings. The topological polar surface area (TPSA) is 101 Å². The molecule has 7 nitrogen and oxygen atoms in total. The summed E-state index contributed by atoms with van der Waals surface area (Å²) in [7, 11) is 1.44. The molecular weight excluding hydrogens is 274 g/mol. The standard InChI is InChI=1S/C14H13N3O4/c1-15-12(18)8-17-11(10-4-2-3-7-16-10)6-5-9(13(17)19)14(20)21/h2-7H,8H2,1H3,(H,15,18)(H,20,21). The molecule has 108 valence electrons. The first-order chi connectivity index (χ1) is 10.0. The van der Waals surface area contributed by atoms with Crippen molar-refractivity contribution in [1.82, 2.24) is 14.9 Å². The molecule has 0 atom stereocenters. The number of carboxylic acid groups (broad SMARTS) is 1. The van der Waals surface area contributed by atoms with Crippen molar-refractivity contribution in [3.8, 4) is 11.4 Å². The molecule has 0 bridgehead atoms. The molecule has 0 fully saturated rings. The first-order valence-corrected chi connectivity index (χ1v) is 6.13. The molecule has 1 amide bonds. The second kappa shape index (κ2) is 6.00. The van der Waals surface area contributed by atoms with E-state index in [1.165, 1.54) is 19.2 Å². The number of carbonyl (C=O) groups is 2. The van der Waals surface area contributed by atoms with Crippen LogP contribution < -0.4 is 10.9 Å². The van der Waals surface area contributed by atoms with Crippen LogP contribution in [0.1, 0.15) is 10.4 Å². The molecule has 7 heteroatoms. The summed E-state index contributed by atoms with van der Waals surface area (Å²) in [4.78, 5) is 39.0. The number of pyridine rings is 2. The molecule has 0 saturated carbocycles. The van der Waals surface area contributed by atoms with Crippen LogP contribution in [-0.2, 0) is 11.3 Å². The highest BCUT2D eigenvalue weighted by Gasteiger charge is 2.17. The highest BCUT2D eigenvalue weighted by atomic mass is 16.4. The number of rotatable bonds is 4. The van der Waals surface area contributed by atoms with Crippen molar-refractivity contribution in [3.05, 3.63) is 52.4 Å². The van der Waals surface area contributed by atoms with Crippen LogP contribution in [0.5, 0.6) is 0 Å². The summed E-state index contributed by atoms with van der Waals surface area (Å²) < 4.78 is 1.10. The molecule has 2 rings (SSSR count). The predicted molar refractivity (Wildman–Crippen MR) is 75.0 cm³/mol. The number of carbonyl (C=O) groups excluding carboxylic acids is 1. The molecule has 0 unspecified atom stereocenters. The fourth-order valence-electron chi connectivity index (χ4n) is 1.86. The molecule has 0 saturated heterocycles. The fourth-order valence-corrected chi connectivity index (χ4v) is 1.86.